The Balaban J connectivity index is -0.000000396. The van der Waals surface area contributed by atoms with Crippen LogP contribution < -0.4 is 15.3 Å². The fourth-order valence-corrected chi connectivity index (χ4v) is 11.7. The van der Waals surface area contributed by atoms with E-state index in [1.165, 1.54) is 101 Å². The van der Waals surface area contributed by atoms with Gasteiger partial charge in [-0.1, -0.05) is 305 Å². The highest BCUT2D eigenvalue weighted by Gasteiger charge is 2.26. The van der Waals surface area contributed by atoms with E-state index in [0.717, 1.165) is 36.6 Å². The SMILES string of the molecule is CC(=O)C(C)C.CC(=O)NOC(=O)C(C)C.CC(C)C(=O)CC(C)(C)C.CC(C)C(=O)CC1CCCC1.CC(C)C(=O)CC1CCCCC1.CC(C)C(=O)OCC[Si](C)(C)C.CC(C)C(=O)c1ccc(C(=O)O)cc1.CC(C)C(=O)c1ccc(S(N)(=O)=O)cc1.CC(C)C(=O)c1ccccc1.CC(C)C[C@@H](NS(C)(=O)=O)C(=O)C(C)C. The first-order valence-corrected chi connectivity index (χ1v) is 48.4. The number of carbonyl (C=O) groups excluding carboxylic acids is 11. The number of carbonyl (C=O) groups is 12. The highest BCUT2D eigenvalue weighted by Crippen LogP contribution is 2.29. The number of hydroxylamine groups is 1. The summed E-state index contributed by atoms with van der Waals surface area (Å²) < 4.78 is 51.5. The first-order valence-electron chi connectivity index (χ1n) is 41.3. The molecule has 0 heterocycles. The minimum atomic E-state index is -3.68. The second kappa shape index (κ2) is 61.3. The Morgan fingerprint density at radius 3 is 1.09 bits per heavy atom. The van der Waals surface area contributed by atoms with E-state index in [9.17, 15) is 74.4 Å². The van der Waals surface area contributed by atoms with Crippen LogP contribution in [0.15, 0.2) is 83.8 Å². The molecule has 2 fully saturated rings. The van der Waals surface area contributed by atoms with E-state index in [0.29, 0.717) is 53.8 Å². The number of hydrogen-bond donors (Lipinski definition) is 4. The Labute approximate surface area is 701 Å². The Morgan fingerprint density at radius 1 is 0.474 bits per heavy atom. The third-order valence-corrected chi connectivity index (χ3v) is 20.8. The van der Waals surface area contributed by atoms with Crippen molar-refractivity contribution in [3.05, 3.63) is 101 Å². The van der Waals surface area contributed by atoms with Gasteiger partial charge in [0.05, 0.1) is 41.2 Å². The average molecular weight is 1690 g/mol. The molecule has 2 aliphatic carbocycles. The maximum Gasteiger partial charge on any atom is 0.335 e. The van der Waals surface area contributed by atoms with Crippen molar-refractivity contribution >= 4 is 98.2 Å². The molecule has 2 aliphatic rings. The summed E-state index contributed by atoms with van der Waals surface area (Å²) in [5, 5.41) is 13.6. The van der Waals surface area contributed by atoms with Crippen LogP contribution in [0.2, 0.25) is 25.7 Å². The monoisotopic (exact) mass is 1690 g/mol. The van der Waals surface area contributed by atoms with Gasteiger partial charge in [0.25, 0.3) is 0 Å². The van der Waals surface area contributed by atoms with Crippen LogP contribution in [0.25, 0.3) is 0 Å². The minimum Gasteiger partial charge on any atom is -0.478 e. The average Bonchev–Trinajstić information content (AvgIpc) is 0.883. The number of ether oxygens (including phenoxy) is 1. The predicted octanol–water partition coefficient (Wildman–Crippen LogP) is 19.7. The van der Waals surface area contributed by atoms with Gasteiger partial charge in [0, 0.05) is 98.3 Å². The van der Waals surface area contributed by atoms with Crippen molar-refractivity contribution < 1.29 is 89.1 Å². The Kier molecular flexibility index (Phi) is 62.1. The standard InChI is InChI=1S/C11H12O3.C11H20O.C10H13NO3S.C10H21NO3S.C10H18O.C10H12O.C9H20O2Si.C9H18O.C6H11NO3.C5H10O/c1-7(2)10(12)8-3-5-9(6-4-8)11(13)14;1-9(2)11(12)8-10-6-4-3-5-7-10;1-7(2)10(12)8-3-5-9(6-4-8)15(11,13)14;1-7(2)6-9(10(12)8(3)4)11-15(5,13)14;1-8(2)10(11)7-9-5-3-4-6-9;1-8(2)10(11)9-6-4-3-5-7-9;1-8(2)9(10)11-6-7-12(3,4)5;1-7(2)8(10)6-9(3,4)5;1-4(2)6(9)10-7-5(3)8;1-4(2)5(3)6/h3-7H,1-2H3,(H,13,14);9-10H,3-8H2,1-2H3;3-7H,1-2H3,(H2,11,13,14);7-9,11H,6H2,1-5H3;8-9H,3-7H2,1-2H3;3-8H,1-2H3;8H,6-7H2,1-5H3;7H,6H2,1-5H3;4H,1-3H3,(H,7,8);4H,1-3H3/t;;;9-;;;;;;/m...1....../s1. The van der Waals surface area contributed by atoms with Crippen LogP contribution >= 0.6 is 0 Å². The second-order valence-corrected chi connectivity index (χ2v) is 44.8. The van der Waals surface area contributed by atoms with Crippen LogP contribution in [-0.2, 0) is 68.0 Å². The first-order chi connectivity index (χ1) is 52.9. The molecule has 0 unspecified atom stereocenters. The molecule has 5 N–H and O–H groups in total. The lowest BCUT2D eigenvalue weighted by molar-refractivity contribution is -0.160. The molecule has 0 bridgehead atoms. The van der Waals surface area contributed by atoms with E-state index in [1.54, 1.807) is 60.6 Å². The van der Waals surface area contributed by atoms with Crippen molar-refractivity contribution in [1.29, 1.82) is 0 Å². The van der Waals surface area contributed by atoms with Crippen molar-refractivity contribution in [2.75, 3.05) is 12.9 Å². The third kappa shape index (κ3) is 64.9. The molecular formula is C91H155N3O19S2Si. The van der Waals surface area contributed by atoms with Crippen LogP contribution in [0.1, 0.15) is 312 Å². The zero-order chi connectivity index (χ0) is 91.5. The summed E-state index contributed by atoms with van der Waals surface area (Å²) >= 11 is 0. The van der Waals surface area contributed by atoms with E-state index < -0.39 is 46.1 Å². The first kappa shape index (κ1) is 117. The summed E-state index contributed by atoms with van der Waals surface area (Å²) in [4.78, 5) is 137. The van der Waals surface area contributed by atoms with Gasteiger partial charge in [-0.25, -0.2) is 36.3 Å². The van der Waals surface area contributed by atoms with Gasteiger partial charge >= 0.3 is 17.9 Å². The molecule has 0 radical (unpaired) electrons. The largest absolute Gasteiger partial charge is 0.478 e. The Hall–Kier alpha value is -7.06. The van der Waals surface area contributed by atoms with Gasteiger partial charge in [0.2, 0.25) is 26.0 Å². The summed E-state index contributed by atoms with van der Waals surface area (Å²) in [6, 6.07) is 21.5. The number of benzene rings is 3. The normalized spacial score (nSPS) is 13.1. The molecule has 0 aliphatic heterocycles. The number of carboxylic acid groups (broad SMARTS) is 1. The summed E-state index contributed by atoms with van der Waals surface area (Å²) in [7, 11) is -8.03. The second-order valence-electron chi connectivity index (χ2n) is 35.8. The van der Waals surface area contributed by atoms with Crippen molar-refractivity contribution in [1.82, 2.24) is 10.2 Å². The fraction of sp³-hybridized carbons (Fsp3) is 0.670. The summed E-state index contributed by atoms with van der Waals surface area (Å²) in [5.74, 6) is 2.04. The lowest BCUT2D eigenvalue weighted by Gasteiger charge is -2.21. The fourth-order valence-electron chi connectivity index (χ4n) is 9.78. The van der Waals surface area contributed by atoms with Crippen LogP contribution in [0.5, 0.6) is 0 Å². The Morgan fingerprint density at radius 2 is 0.819 bits per heavy atom. The molecule has 0 saturated heterocycles. The maximum atomic E-state index is 11.7. The van der Waals surface area contributed by atoms with Crippen LogP contribution in [0.3, 0.4) is 0 Å². The van der Waals surface area contributed by atoms with Gasteiger partial charge in [-0.2, -0.15) is 5.48 Å². The molecule has 1 amide bonds. The Bertz CT molecular complexity index is 3610. The predicted molar refractivity (Wildman–Crippen MR) is 472 cm³/mol. The molecule has 3 aromatic carbocycles. The molecule has 25 heteroatoms. The topological polar surface area (TPSA) is 362 Å². The molecule has 0 spiro atoms. The molecule has 2 saturated carbocycles. The number of primary sulfonamides is 1. The number of nitrogens with two attached hydrogens (primary N) is 1. The highest BCUT2D eigenvalue weighted by molar-refractivity contribution is 7.89. The van der Waals surface area contributed by atoms with Gasteiger partial charge in [-0.3, -0.25) is 47.9 Å². The number of sulfonamides is 2. The molecule has 3 aromatic rings. The summed E-state index contributed by atoms with van der Waals surface area (Å²) in [6.07, 6.45) is 15.9. The minimum absolute atomic E-state index is 0.00614. The number of esters is 1. The number of amides is 1. The number of aromatic carboxylic acids is 1. The molecule has 1 atom stereocenters. The van der Waals surface area contributed by atoms with E-state index in [1.807, 2.05) is 147 Å². The number of ketones is 8. The highest BCUT2D eigenvalue weighted by atomic mass is 32.2. The van der Waals surface area contributed by atoms with Crippen LogP contribution in [0, 0.1) is 82.3 Å². The number of nitrogens with one attached hydrogen (secondary N) is 2. The van der Waals surface area contributed by atoms with Crippen LogP contribution in [-0.4, -0.2) is 119 Å². The maximum absolute atomic E-state index is 11.7. The molecule has 664 valence electrons. The molecule has 5 rings (SSSR count). The van der Waals surface area contributed by atoms with Crippen molar-refractivity contribution in [2.24, 2.45) is 87.5 Å². The number of rotatable bonds is 28. The van der Waals surface area contributed by atoms with Gasteiger partial charge < -0.3 is 14.7 Å². The van der Waals surface area contributed by atoms with Gasteiger partial charge in [0.1, 0.15) is 23.1 Å². The van der Waals surface area contributed by atoms with Gasteiger partial charge in [-0.15, -0.1) is 0 Å². The van der Waals surface area contributed by atoms with Crippen molar-refractivity contribution in [2.45, 2.75) is 307 Å². The molecule has 116 heavy (non-hydrogen) atoms. The van der Waals surface area contributed by atoms with E-state index in [2.05, 4.69) is 50.0 Å². The summed E-state index contributed by atoms with van der Waals surface area (Å²) in [6.45, 7) is 57.9. The molecule has 0 aromatic heterocycles. The lowest BCUT2D eigenvalue weighted by atomic mass is 9.84. The number of hydrogen-bond acceptors (Lipinski definition) is 18. The zero-order valence-electron chi connectivity index (χ0n) is 76.9. The van der Waals surface area contributed by atoms with E-state index in [-0.39, 0.29) is 122 Å². The van der Waals surface area contributed by atoms with Crippen molar-refractivity contribution in [3.8, 4) is 0 Å². The number of Topliss-reactive ketones (excluding diaryl/α,β-unsaturated/α-hetero) is 8. The lowest BCUT2D eigenvalue weighted by Crippen LogP contribution is -2.42. The quantitative estimate of drug-likeness (QED) is 0.0227. The third-order valence-electron chi connectivity index (χ3n) is 17.5. The van der Waals surface area contributed by atoms with E-state index >= 15 is 0 Å². The zero-order valence-corrected chi connectivity index (χ0v) is 79.5. The van der Waals surface area contributed by atoms with Gasteiger partial charge in [0.15, 0.2) is 23.1 Å². The van der Waals surface area contributed by atoms with E-state index in [4.69, 9.17) is 15.0 Å². The molecule has 22 nitrogen and oxygen atoms in total. The summed E-state index contributed by atoms with van der Waals surface area (Å²) in [5.41, 5.74) is 4.16. The van der Waals surface area contributed by atoms with Crippen LogP contribution in [0.4, 0.5) is 0 Å². The van der Waals surface area contributed by atoms with Gasteiger partial charge in [-0.05, 0) is 66.8 Å². The molecular weight excluding hydrogens is 1530 g/mol. The number of carboxylic acids is 1. The smallest absolute Gasteiger partial charge is 0.335 e. The van der Waals surface area contributed by atoms with Crippen molar-refractivity contribution in [3.63, 3.8) is 0 Å².